The molecule has 0 radical (unpaired) electrons. The second-order valence-corrected chi connectivity index (χ2v) is 17.5. The Hall–Kier alpha value is -3.58. The SMILES string of the molecule is Cc1ncsc1-c1ccc(C(C)NC(=O)C2CCCN2C(=O)C(NC(=O)C2(OCc3ccc(B4OC(C)(C)C(C)(C)O4)cc3)CC2)C(C)(C)C)cc1. The third kappa shape index (κ3) is 7.86. The van der Waals surface area contributed by atoms with Crippen molar-refractivity contribution < 1.29 is 28.4 Å². The van der Waals surface area contributed by atoms with Crippen LogP contribution in [0.25, 0.3) is 10.4 Å². The lowest BCUT2D eigenvalue weighted by molar-refractivity contribution is -0.147. The molecule has 278 valence electrons. The minimum Gasteiger partial charge on any atom is -0.399 e. The molecule has 0 spiro atoms. The summed E-state index contributed by atoms with van der Waals surface area (Å²) in [6.07, 6.45) is 2.44. The molecule has 3 fully saturated rings. The normalized spacial score (nSPS) is 21.4. The van der Waals surface area contributed by atoms with Gasteiger partial charge in [0.05, 0.1) is 39.9 Å². The molecule has 10 nitrogen and oxygen atoms in total. The maximum absolute atomic E-state index is 14.2. The minimum atomic E-state index is -0.986. The van der Waals surface area contributed by atoms with E-state index in [4.69, 9.17) is 14.0 Å². The van der Waals surface area contributed by atoms with Gasteiger partial charge in [0.2, 0.25) is 11.8 Å². The third-order valence-electron chi connectivity index (χ3n) is 11.1. The molecule has 0 bridgehead atoms. The van der Waals surface area contributed by atoms with E-state index in [2.05, 4.69) is 27.8 Å². The van der Waals surface area contributed by atoms with Crippen LogP contribution in [0.4, 0.5) is 0 Å². The monoisotopic (exact) mass is 728 g/mol. The van der Waals surface area contributed by atoms with E-state index in [0.29, 0.717) is 32.2 Å². The van der Waals surface area contributed by atoms with Gasteiger partial charge in [-0.05, 0) is 94.8 Å². The number of thiazole rings is 1. The van der Waals surface area contributed by atoms with Crippen molar-refractivity contribution in [2.45, 2.75) is 130 Å². The van der Waals surface area contributed by atoms with Gasteiger partial charge in [-0.15, -0.1) is 11.3 Å². The number of nitrogens with zero attached hydrogens (tertiary/aromatic N) is 2. The molecule has 3 amide bonds. The number of carbonyl (C=O) groups excluding carboxylic acids is 3. The Morgan fingerprint density at radius 3 is 2.19 bits per heavy atom. The van der Waals surface area contributed by atoms with Crippen molar-refractivity contribution in [3.05, 3.63) is 70.9 Å². The molecule has 2 N–H and O–H groups in total. The first-order chi connectivity index (χ1) is 24.4. The maximum atomic E-state index is 14.2. The van der Waals surface area contributed by atoms with Crippen molar-refractivity contribution in [3.63, 3.8) is 0 Å². The highest BCUT2D eigenvalue weighted by atomic mass is 32.1. The van der Waals surface area contributed by atoms with Crippen LogP contribution in [-0.2, 0) is 35.0 Å². The average molecular weight is 729 g/mol. The Labute approximate surface area is 312 Å². The lowest BCUT2D eigenvalue weighted by Gasteiger charge is -2.36. The van der Waals surface area contributed by atoms with Crippen LogP contribution in [0.3, 0.4) is 0 Å². The third-order valence-corrected chi connectivity index (χ3v) is 12.1. The number of benzene rings is 2. The zero-order chi connectivity index (χ0) is 37.6. The summed E-state index contributed by atoms with van der Waals surface area (Å²) in [4.78, 5) is 48.7. The fraction of sp³-hybridized carbons (Fsp3) is 0.550. The van der Waals surface area contributed by atoms with Crippen molar-refractivity contribution in [1.82, 2.24) is 20.5 Å². The molecule has 2 aliphatic heterocycles. The number of ether oxygens (including phenoxy) is 1. The van der Waals surface area contributed by atoms with Crippen LogP contribution >= 0.6 is 11.3 Å². The number of hydrogen-bond acceptors (Lipinski definition) is 8. The first-order valence-corrected chi connectivity index (χ1v) is 19.3. The predicted molar refractivity (Wildman–Crippen MR) is 204 cm³/mol. The van der Waals surface area contributed by atoms with Crippen molar-refractivity contribution in [2.24, 2.45) is 5.41 Å². The summed E-state index contributed by atoms with van der Waals surface area (Å²) >= 11 is 1.61. The lowest BCUT2D eigenvalue weighted by atomic mass is 9.79. The number of carbonyl (C=O) groups is 3. The number of hydrogen-bond donors (Lipinski definition) is 2. The lowest BCUT2D eigenvalue weighted by Crippen LogP contribution is -2.59. The fourth-order valence-corrected chi connectivity index (χ4v) is 7.61. The molecule has 3 aliphatic rings. The molecule has 12 heteroatoms. The molecule has 2 aromatic carbocycles. The summed E-state index contributed by atoms with van der Waals surface area (Å²) in [7, 11) is -0.450. The quantitative estimate of drug-likeness (QED) is 0.237. The highest BCUT2D eigenvalue weighted by Gasteiger charge is 2.54. The number of aryl methyl sites for hydroxylation is 1. The fourth-order valence-electron chi connectivity index (χ4n) is 6.80. The van der Waals surface area contributed by atoms with Crippen LogP contribution in [0.15, 0.2) is 54.0 Å². The zero-order valence-electron chi connectivity index (χ0n) is 32.0. The van der Waals surface area contributed by atoms with Crippen LogP contribution in [0.1, 0.15) is 104 Å². The topological polar surface area (TPSA) is 119 Å². The Kier molecular flexibility index (Phi) is 10.5. The van der Waals surface area contributed by atoms with Crippen LogP contribution in [0.5, 0.6) is 0 Å². The largest absolute Gasteiger partial charge is 0.494 e. The van der Waals surface area contributed by atoms with Crippen molar-refractivity contribution >= 4 is 41.6 Å². The molecule has 2 saturated heterocycles. The van der Waals surface area contributed by atoms with Crippen molar-refractivity contribution in [2.75, 3.05) is 6.54 Å². The first-order valence-electron chi connectivity index (χ1n) is 18.4. The van der Waals surface area contributed by atoms with E-state index in [-0.39, 0.29) is 30.4 Å². The van der Waals surface area contributed by atoms with Gasteiger partial charge >= 0.3 is 7.12 Å². The van der Waals surface area contributed by atoms with Crippen LogP contribution in [0.2, 0.25) is 0 Å². The summed E-state index contributed by atoms with van der Waals surface area (Å²) in [5, 5.41) is 6.19. The predicted octanol–water partition coefficient (Wildman–Crippen LogP) is 5.87. The van der Waals surface area contributed by atoms with Crippen LogP contribution in [-0.4, -0.2) is 70.2 Å². The van der Waals surface area contributed by atoms with E-state index in [1.165, 1.54) is 0 Å². The maximum Gasteiger partial charge on any atom is 0.494 e. The van der Waals surface area contributed by atoms with Gasteiger partial charge < -0.3 is 29.6 Å². The summed E-state index contributed by atoms with van der Waals surface area (Å²) in [6.45, 7) is 18.6. The average Bonchev–Trinajstić information content (AvgIpc) is 3.38. The molecule has 6 rings (SSSR count). The Balaban J connectivity index is 1.05. The van der Waals surface area contributed by atoms with Crippen LogP contribution < -0.4 is 16.1 Å². The Morgan fingerprint density at radius 2 is 1.63 bits per heavy atom. The van der Waals surface area contributed by atoms with Gasteiger partial charge in [-0.3, -0.25) is 14.4 Å². The van der Waals surface area contributed by atoms with Gasteiger partial charge in [0.15, 0.2) is 0 Å². The van der Waals surface area contributed by atoms with Crippen LogP contribution in [0, 0.1) is 12.3 Å². The highest BCUT2D eigenvalue weighted by Crippen LogP contribution is 2.41. The Morgan fingerprint density at radius 1 is 1.00 bits per heavy atom. The standard InChI is InChI=1S/C40H53BN4O6S/c1-25(28-14-16-29(17-15-28)32-26(2)42-24-52-32)43-34(46)31-11-10-22-45(31)35(47)33(37(3,4)5)44-36(48)40(20-21-40)49-23-27-12-18-30(19-13-27)41-50-38(6,7)39(8,9)51-41/h12-19,24-25,31,33H,10-11,20-23H2,1-9H3,(H,43,46)(H,44,48). The minimum absolute atomic E-state index is 0.189. The Bertz CT molecular complexity index is 1760. The molecule has 3 atom stereocenters. The van der Waals surface area contributed by atoms with E-state index in [1.807, 2.05) is 104 Å². The second-order valence-electron chi connectivity index (χ2n) is 16.7. The number of aromatic nitrogens is 1. The molecule has 3 aromatic rings. The van der Waals surface area contributed by atoms with Crippen molar-refractivity contribution in [1.29, 1.82) is 0 Å². The molecule has 52 heavy (non-hydrogen) atoms. The molecule has 1 aliphatic carbocycles. The van der Waals surface area contributed by atoms with E-state index < -0.39 is 41.4 Å². The van der Waals surface area contributed by atoms with Gasteiger partial charge in [-0.2, -0.15) is 0 Å². The van der Waals surface area contributed by atoms with Crippen molar-refractivity contribution in [3.8, 4) is 10.4 Å². The molecule has 3 unspecified atom stereocenters. The summed E-state index contributed by atoms with van der Waals surface area (Å²) in [5.74, 6) is -0.726. The molecule has 3 heterocycles. The summed E-state index contributed by atoms with van der Waals surface area (Å²) in [6, 6.07) is 14.3. The number of amides is 3. The molecule has 1 aromatic heterocycles. The number of nitrogens with one attached hydrogen (secondary N) is 2. The van der Waals surface area contributed by atoms with Gasteiger partial charge in [0.25, 0.3) is 5.91 Å². The second kappa shape index (κ2) is 14.3. The van der Waals surface area contributed by atoms with Gasteiger partial charge in [0, 0.05) is 6.54 Å². The summed E-state index contributed by atoms with van der Waals surface area (Å²) < 4.78 is 18.6. The molecular weight excluding hydrogens is 675 g/mol. The first kappa shape index (κ1) is 38.2. The van der Waals surface area contributed by atoms with E-state index in [9.17, 15) is 14.4 Å². The zero-order valence-corrected chi connectivity index (χ0v) is 32.8. The smallest absolute Gasteiger partial charge is 0.399 e. The summed E-state index contributed by atoms with van der Waals surface area (Å²) in [5.41, 5.74) is 4.33. The van der Waals surface area contributed by atoms with E-state index in [1.54, 1.807) is 16.2 Å². The number of likely N-dealkylation sites (tertiary alicyclic amines) is 1. The molecule has 1 saturated carbocycles. The van der Waals surface area contributed by atoms with Gasteiger partial charge in [-0.1, -0.05) is 69.3 Å². The number of rotatable bonds is 11. The highest BCUT2D eigenvalue weighted by molar-refractivity contribution is 7.13. The van der Waals surface area contributed by atoms with E-state index >= 15 is 0 Å². The van der Waals surface area contributed by atoms with Gasteiger partial charge in [-0.25, -0.2) is 4.98 Å². The van der Waals surface area contributed by atoms with E-state index in [0.717, 1.165) is 32.7 Å². The van der Waals surface area contributed by atoms with Gasteiger partial charge in [0.1, 0.15) is 17.7 Å². The molecular formula is C40H53BN4O6S.